The predicted molar refractivity (Wildman–Crippen MR) is 283 cm³/mol. The first kappa shape index (κ1) is 38.5. The molecular formula is C63H47NS2. The van der Waals surface area contributed by atoms with Gasteiger partial charge in [0.1, 0.15) is 0 Å². The highest BCUT2D eigenvalue weighted by Gasteiger charge is 2.60. The van der Waals surface area contributed by atoms with Gasteiger partial charge in [0.2, 0.25) is 0 Å². The van der Waals surface area contributed by atoms with E-state index in [1.54, 1.807) is 0 Å². The number of benzene rings is 8. The van der Waals surface area contributed by atoms with Gasteiger partial charge in [-0.25, -0.2) is 0 Å². The molecule has 0 saturated carbocycles. The summed E-state index contributed by atoms with van der Waals surface area (Å²) < 4.78 is 4.15. The van der Waals surface area contributed by atoms with Crippen LogP contribution in [0.5, 0.6) is 0 Å². The molecule has 0 fully saturated rings. The molecule has 4 aliphatic rings. The summed E-state index contributed by atoms with van der Waals surface area (Å²) in [6.45, 7) is 6.95. The number of nitrogens with zero attached hydrogens (tertiary/aromatic N) is 1. The van der Waals surface area contributed by atoms with Gasteiger partial charge in [-0.2, -0.15) is 0 Å². The van der Waals surface area contributed by atoms with Gasteiger partial charge in [-0.1, -0.05) is 179 Å². The summed E-state index contributed by atoms with van der Waals surface area (Å²) in [5.74, 6) is 0.258. The predicted octanol–water partition coefficient (Wildman–Crippen LogP) is 17.4. The van der Waals surface area contributed by atoms with Gasteiger partial charge in [-0.3, -0.25) is 0 Å². The van der Waals surface area contributed by atoms with Crippen LogP contribution >= 0.6 is 22.7 Å². The normalized spacial score (nSPS) is 17.9. The second-order valence-electron chi connectivity index (χ2n) is 19.8. The Labute approximate surface area is 394 Å². The molecule has 1 nitrogen and oxygen atoms in total. The van der Waals surface area contributed by atoms with Crippen LogP contribution in [-0.2, 0) is 10.8 Å². The zero-order valence-electron chi connectivity index (χ0n) is 37.3. The van der Waals surface area contributed by atoms with E-state index < -0.39 is 5.41 Å². The summed E-state index contributed by atoms with van der Waals surface area (Å²) in [4.78, 5) is 4.06. The molecule has 2 aromatic heterocycles. The summed E-state index contributed by atoms with van der Waals surface area (Å²) in [6, 6.07) is 67.2. The van der Waals surface area contributed by atoms with Crippen LogP contribution in [0.1, 0.15) is 83.4 Å². The number of fused-ring (bicyclic) bond motifs is 19. The van der Waals surface area contributed by atoms with Crippen LogP contribution in [0.2, 0.25) is 0 Å². The van der Waals surface area contributed by atoms with Crippen LogP contribution in [0, 0.1) is 5.92 Å². The third-order valence-electron chi connectivity index (χ3n) is 15.5. The van der Waals surface area contributed by atoms with Crippen molar-refractivity contribution in [3.05, 3.63) is 244 Å². The third kappa shape index (κ3) is 5.33. The first-order valence-corrected chi connectivity index (χ1v) is 25.2. The summed E-state index contributed by atoms with van der Waals surface area (Å²) in [6.07, 6.45) is 9.52. The number of anilines is 1. The lowest BCUT2D eigenvalue weighted by Crippen LogP contribution is -2.36. The van der Waals surface area contributed by atoms with Crippen molar-refractivity contribution in [2.75, 3.05) is 4.90 Å². The summed E-state index contributed by atoms with van der Waals surface area (Å²) in [5, 5.41) is 6.70. The van der Waals surface area contributed by atoms with Crippen molar-refractivity contribution in [3.8, 4) is 11.1 Å². The van der Waals surface area contributed by atoms with Gasteiger partial charge in [0, 0.05) is 48.1 Å². The minimum absolute atomic E-state index is 0.0458. The molecule has 0 bridgehead atoms. The zero-order chi connectivity index (χ0) is 43.9. The van der Waals surface area contributed by atoms with Crippen LogP contribution in [0.15, 0.2) is 200 Å². The second kappa shape index (κ2) is 14.1. The molecular weight excluding hydrogens is 835 g/mol. The standard InChI is InChI=1S/C63H47NS2/c1-62(2,3)42-28-32-44(33-29-42)64(43-30-26-39(27-31-43)41-25-24-38-14-4-5-15-40(38)36-41)54-37-53-58(57-49-19-9-13-23-56(49)66-61(54)57)59-52(35-34-48-47-18-8-12-22-55(47)65-60(48)59)63(53)50-20-10-6-16-45(50)46-17-7-11-21-51(46)63/h4-26,28-30,32-37,53,58H,27,31H2,1-3H3. The van der Waals surface area contributed by atoms with Gasteiger partial charge < -0.3 is 4.90 Å². The molecule has 14 rings (SSSR count). The quantitative estimate of drug-likeness (QED) is 0.170. The lowest BCUT2D eigenvalue weighted by atomic mass is 9.64. The Morgan fingerprint density at radius 2 is 1.21 bits per heavy atom. The highest BCUT2D eigenvalue weighted by molar-refractivity contribution is 7.26. The smallest absolute Gasteiger partial charge is 0.0597 e. The minimum atomic E-state index is -0.393. The molecule has 3 heteroatoms. The van der Waals surface area contributed by atoms with Crippen LogP contribution in [0.4, 0.5) is 5.69 Å². The summed E-state index contributed by atoms with van der Waals surface area (Å²) >= 11 is 3.98. The van der Waals surface area contributed by atoms with Gasteiger partial charge in [0.25, 0.3) is 0 Å². The Morgan fingerprint density at radius 1 is 0.545 bits per heavy atom. The first-order chi connectivity index (χ1) is 32.4. The lowest BCUT2D eigenvalue weighted by molar-refractivity contribution is 0.460. The maximum absolute atomic E-state index is 2.77. The number of hydrogen-bond donors (Lipinski definition) is 0. The monoisotopic (exact) mass is 881 g/mol. The van der Waals surface area contributed by atoms with E-state index in [1.807, 2.05) is 22.7 Å². The third-order valence-corrected chi connectivity index (χ3v) is 17.9. The largest absolute Gasteiger partial charge is 0.313 e. The van der Waals surface area contributed by atoms with Gasteiger partial charge in [0.05, 0.1) is 16.0 Å². The molecule has 2 unspecified atom stereocenters. The summed E-state index contributed by atoms with van der Waals surface area (Å²) in [5.41, 5.74) is 17.6. The molecule has 66 heavy (non-hydrogen) atoms. The Balaban J connectivity index is 1.06. The number of allylic oxidation sites excluding steroid dienone is 5. The molecule has 2 atom stereocenters. The minimum Gasteiger partial charge on any atom is -0.313 e. The molecule has 10 aromatic rings. The Kier molecular flexibility index (Phi) is 8.23. The van der Waals surface area contributed by atoms with Crippen molar-refractivity contribution in [3.63, 3.8) is 0 Å². The molecule has 1 spiro atoms. The maximum Gasteiger partial charge on any atom is 0.0597 e. The highest BCUT2D eigenvalue weighted by Crippen LogP contribution is 2.70. The fourth-order valence-corrected chi connectivity index (χ4v) is 15.1. The Hall–Kier alpha value is -6.78. The van der Waals surface area contributed by atoms with Crippen LogP contribution in [0.25, 0.3) is 63.4 Å². The number of hydrogen-bond acceptors (Lipinski definition) is 3. The molecule has 0 N–H and O–H groups in total. The van der Waals surface area contributed by atoms with Crippen LogP contribution in [0.3, 0.4) is 0 Å². The van der Waals surface area contributed by atoms with E-state index in [-0.39, 0.29) is 17.3 Å². The Bertz CT molecular complexity index is 3720. The van der Waals surface area contributed by atoms with Gasteiger partial charge in [-0.05, 0) is 126 Å². The van der Waals surface area contributed by atoms with Crippen LogP contribution < -0.4 is 4.90 Å². The fraction of sp³-hybridized carbons (Fsp3) is 0.143. The average molecular weight is 882 g/mol. The van der Waals surface area contributed by atoms with Crippen molar-refractivity contribution < 1.29 is 0 Å². The molecule has 0 saturated heterocycles. The first-order valence-electron chi connectivity index (χ1n) is 23.5. The van der Waals surface area contributed by atoms with Crippen molar-refractivity contribution >= 4 is 80.7 Å². The topological polar surface area (TPSA) is 3.24 Å². The molecule has 0 aliphatic heterocycles. The number of thiophene rings is 2. The molecule has 8 aromatic carbocycles. The van der Waals surface area contributed by atoms with Crippen molar-refractivity contribution in [2.45, 2.75) is 50.4 Å². The summed E-state index contributed by atoms with van der Waals surface area (Å²) in [7, 11) is 0. The zero-order valence-corrected chi connectivity index (χ0v) is 38.9. The Morgan fingerprint density at radius 3 is 1.94 bits per heavy atom. The second-order valence-corrected chi connectivity index (χ2v) is 21.9. The fourth-order valence-electron chi connectivity index (χ4n) is 12.5. The van der Waals surface area contributed by atoms with E-state index in [0.29, 0.717) is 0 Å². The molecule has 316 valence electrons. The van der Waals surface area contributed by atoms with Crippen molar-refractivity contribution in [1.29, 1.82) is 0 Å². The lowest BCUT2D eigenvalue weighted by Gasteiger charge is -2.41. The van der Waals surface area contributed by atoms with Gasteiger partial charge in [-0.15, -0.1) is 22.7 Å². The maximum atomic E-state index is 2.77. The molecule has 2 heterocycles. The van der Waals surface area contributed by atoms with Crippen molar-refractivity contribution in [1.82, 2.24) is 0 Å². The van der Waals surface area contributed by atoms with Crippen LogP contribution in [-0.4, -0.2) is 0 Å². The van der Waals surface area contributed by atoms with Gasteiger partial charge >= 0.3 is 0 Å². The molecule has 0 amide bonds. The van der Waals surface area contributed by atoms with Crippen molar-refractivity contribution in [2.24, 2.45) is 5.92 Å². The van der Waals surface area contributed by atoms with E-state index in [4.69, 9.17) is 0 Å². The SMILES string of the molecule is CC(C)(C)c1ccc(N(C2=CC=C(c3ccc4ccccc4c3)CC2)C2=CC3C(c4c2sc2ccccc42)c2c(ccc4c2sc2ccccc24)C32c3ccccc3-c3ccccc32)cc1. The van der Waals surface area contributed by atoms with E-state index >= 15 is 0 Å². The number of rotatable bonds is 4. The average Bonchev–Trinajstić information content (AvgIpc) is 4.09. The van der Waals surface area contributed by atoms with E-state index in [2.05, 4.69) is 220 Å². The molecule has 4 aliphatic carbocycles. The molecule has 0 radical (unpaired) electrons. The van der Waals surface area contributed by atoms with Gasteiger partial charge in [0.15, 0.2) is 0 Å². The van der Waals surface area contributed by atoms with E-state index in [1.165, 1.54) is 119 Å². The van der Waals surface area contributed by atoms with E-state index in [0.717, 1.165) is 12.8 Å². The van der Waals surface area contributed by atoms with E-state index in [9.17, 15) is 0 Å². The highest BCUT2D eigenvalue weighted by atomic mass is 32.1.